The minimum atomic E-state index is 0.789. The standard InChI is InChI=1S/C16H35N/c1-7-9-10-16(8-2)13-17(11-14(3)4)12-15(5)6/h14-16H,7-13H2,1-6H3. The number of hydrogen-bond donors (Lipinski definition) is 0. The van der Waals surface area contributed by atoms with E-state index in [1.807, 2.05) is 0 Å². The molecule has 1 atom stereocenters. The third-order valence-corrected chi connectivity index (χ3v) is 3.31. The average Bonchev–Trinajstić information content (AvgIpc) is 2.22. The van der Waals surface area contributed by atoms with Crippen molar-refractivity contribution in [1.29, 1.82) is 0 Å². The number of unbranched alkanes of at least 4 members (excludes halogenated alkanes) is 1. The minimum absolute atomic E-state index is 0.789. The molecule has 1 nitrogen and oxygen atoms in total. The van der Waals surface area contributed by atoms with Gasteiger partial charge in [0.05, 0.1) is 0 Å². The predicted molar refractivity (Wildman–Crippen MR) is 79.4 cm³/mol. The first-order valence-electron chi connectivity index (χ1n) is 7.71. The van der Waals surface area contributed by atoms with E-state index in [2.05, 4.69) is 46.4 Å². The van der Waals surface area contributed by atoms with Crippen LogP contribution in [0.4, 0.5) is 0 Å². The minimum Gasteiger partial charge on any atom is -0.303 e. The lowest BCUT2D eigenvalue weighted by molar-refractivity contribution is 0.180. The van der Waals surface area contributed by atoms with E-state index in [4.69, 9.17) is 0 Å². The zero-order chi connectivity index (χ0) is 13.3. The molecule has 0 aromatic rings. The molecule has 0 aromatic heterocycles. The summed E-state index contributed by atoms with van der Waals surface area (Å²) < 4.78 is 0. The van der Waals surface area contributed by atoms with Gasteiger partial charge in [-0.05, 0) is 24.2 Å². The topological polar surface area (TPSA) is 3.24 Å². The Morgan fingerprint density at radius 1 is 0.824 bits per heavy atom. The molecule has 0 fully saturated rings. The van der Waals surface area contributed by atoms with Gasteiger partial charge in [0.25, 0.3) is 0 Å². The van der Waals surface area contributed by atoms with Crippen LogP contribution >= 0.6 is 0 Å². The van der Waals surface area contributed by atoms with Crippen LogP contribution in [0.3, 0.4) is 0 Å². The summed E-state index contributed by atoms with van der Waals surface area (Å²) in [7, 11) is 0. The van der Waals surface area contributed by atoms with Crippen LogP contribution in [0.2, 0.25) is 0 Å². The third-order valence-electron chi connectivity index (χ3n) is 3.31. The molecule has 17 heavy (non-hydrogen) atoms. The second kappa shape index (κ2) is 9.94. The van der Waals surface area contributed by atoms with Gasteiger partial charge in [-0.1, -0.05) is 60.8 Å². The van der Waals surface area contributed by atoms with Gasteiger partial charge in [-0.3, -0.25) is 0 Å². The van der Waals surface area contributed by atoms with Gasteiger partial charge in [0.1, 0.15) is 0 Å². The highest BCUT2D eigenvalue weighted by Crippen LogP contribution is 2.16. The van der Waals surface area contributed by atoms with Crippen molar-refractivity contribution in [3.05, 3.63) is 0 Å². The SMILES string of the molecule is CCCCC(CC)CN(CC(C)C)CC(C)C. The van der Waals surface area contributed by atoms with E-state index < -0.39 is 0 Å². The molecule has 0 N–H and O–H groups in total. The molecular formula is C16H35N. The van der Waals surface area contributed by atoms with E-state index in [-0.39, 0.29) is 0 Å². The Morgan fingerprint density at radius 3 is 1.71 bits per heavy atom. The number of hydrogen-bond acceptors (Lipinski definition) is 1. The first-order chi connectivity index (χ1) is 7.99. The highest BCUT2D eigenvalue weighted by Gasteiger charge is 2.14. The van der Waals surface area contributed by atoms with E-state index in [0.29, 0.717) is 0 Å². The molecule has 0 amide bonds. The lowest BCUT2D eigenvalue weighted by atomic mass is 9.97. The van der Waals surface area contributed by atoms with Crippen LogP contribution in [0.25, 0.3) is 0 Å². The Bertz CT molecular complexity index is 153. The Labute approximate surface area is 110 Å². The van der Waals surface area contributed by atoms with Crippen molar-refractivity contribution in [2.45, 2.75) is 67.2 Å². The zero-order valence-corrected chi connectivity index (χ0v) is 13.1. The Balaban J connectivity index is 4.16. The van der Waals surface area contributed by atoms with Gasteiger partial charge < -0.3 is 4.90 Å². The predicted octanol–water partition coefficient (Wildman–Crippen LogP) is 4.82. The Kier molecular flexibility index (Phi) is 9.91. The van der Waals surface area contributed by atoms with E-state index in [0.717, 1.165) is 17.8 Å². The van der Waals surface area contributed by atoms with Crippen LogP contribution in [0.5, 0.6) is 0 Å². The molecule has 104 valence electrons. The van der Waals surface area contributed by atoms with Crippen LogP contribution < -0.4 is 0 Å². The second-order valence-electron chi connectivity index (χ2n) is 6.42. The first kappa shape index (κ1) is 17.0. The van der Waals surface area contributed by atoms with Crippen molar-refractivity contribution >= 4 is 0 Å². The summed E-state index contributed by atoms with van der Waals surface area (Å²) in [6.07, 6.45) is 5.49. The van der Waals surface area contributed by atoms with Crippen LogP contribution in [-0.4, -0.2) is 24.5 Å². The second-order valence-corrected chi connectivity index (χ2v) is 6.42. The zero-order valence-electron chi connectivity index (χ0n) is 13.1. The maximum absolute atomic E-state index is 2.69. The lowest BCUT2D eigenvalue weighted by Crippen LogP contribution is -2.35. The van der Waals surface area contributed by atoms with Gasteiger partial charge in [0.2, 0.25) is 0 Å². The van der Waals surface area contributed by atoms with Crippen molar-refractivity contribution in [1.82, 2.24) is 4.90 Å². The normalized spacial score (nSPS) is 13.9. The van der Waals surface area contributed by atoms with E-state index in [9.17, 15) is 0 Å². The quantitative estimate of drug-likeness (QED) is 0.530. The summed E-state index contributed by atoms with van der Waals surface area (Å²) in [6.45, 7) is 17.8. The highest BCUT2D eigenvalue weighted by molar-refractivity contribution is 4.68. The Morgan fingerprint density at radius 2 is 1.35 bits per heavy atom. The fourth-order valence-electron chi connectivity index (χ4n) is 2.54. The molecule has 0 rings (SSSR count). The molecule has 0 aliphatic rings. The molecule has 0 radical (unpaired) electrons. The van der Waals surface area contributed by atoms with Crippen LogP contribution in [0.1, 0.15) is 67.2 Å². The van der Waals surface area contributed by atoms with E-state index >= 15 is 0 Å². The highest BCUT2D eigenvalue weighted by atomic mass is 15.1. The van der Waals surface area contributed by atoms with Gasteiger partial charge in [-0.15, -0.1) is 0 Å². The lowest BCUT2D eigenvalue weighted by Gasteiger charge is -2.30. The van der Waals surface area contributed by atoms with Gasteiger partial charge in [-0.25, -0.2) is 0 Å². The summed E-state index contributed by atoms with van der Waals surface area (Å²) in [4.78, 5) is 2.69. The van der Waals surface area contributed by atoms with E-state index in [1.165, 1.54) is 45.3 Å². The molecule has 0 aromatic carbocycles. The molecule has 0 aliphatic carbocycles. The molecule has 0 bridgehead atoms. The molecule has 0 saturated heterocycles. The first-order valence-corrected chi connectivity index (χ1v) is 7.71. The van der Waals surface area contributed by atoms with Gasteiger partial charge in [0, 0.05) is 19.6 Å². The summed E-state index contributed by atoms with van der Waals surface area (Å²) in [5.74, 6) is 2.49. The fourth-order valence-corrected chi connectivity index (χ4v) is 2.54. The third kappa shape index (κ3) is 9.64. The number of rotatable bonds is 10. The summed E-state index contributed by atoms with van der Waals surface area (Å²) >= 11 is 0. The van der Waals surface area contributed by atoms with Crippen molar-refractivity contribution in [3.63, 3.8) is 0 Å². The maximum Gasteiger partial charge on any atom is 0.000978 e. The average molecular weight is 241 g/mol. The largest absolute Gasteiger partial charge is 0.303 e. The van der Waals surface area contributed by atoms with Crippen LogP contribution in [0, 0.1) is 17.8 Å². The molecule has 0 saturated carbocycles. The summed E-state index contributed by atoms with van der Waals surface area (Å²) in [5.41, 5.74) is 0. The Hall–Kier alpha value is -0.0400. The monoisotopic (exact) mass is 241 g/mol. The summed E-state index contributed by atoms with van der Waals surface area (Å²) in [5, 5.41) is 0. The molecular weight excluding hydrogens is 206 g/mol. The van der Waals surface area contributed by atoms with Crippen LogP contribution in [0.15, 0.2) is 0 Å². The molecule has 0 heterocycles. The molecule has 0 aliphatic heterocycles. The van der Waals surface area contributed by atoms with Crippen LogP contribution in [-0.2, 0) is 0 Å². The van der Waals surface area contributed by atoms with Gasteiger partial charge in [0.15, 0.2) is 0 Å². The van der Waals surface area contributed by atoms with Crippen molar-refractivity contribution in [2.75, 3.05) is 19.6 Å². The van der Waals surface area contributed by atoms with Crippen molar-refractivity contribution in [3.8, 4) is 0 Å². The molecule has 1 heteroatoms. The number of nitrogens with zero attached hydrogens (tertiary/aromatic N) is 1. The molecule has 0 spiro atoms. The smallest absolute Gasteiger partial charge is 0.000978 e. The fraction of sp³-hybridized carbons (Fsp3) is 1.00. The van der Waals surface area contributed by atoms with Gasteiger partial charge in [-0.2, -0.15) is 0 Å². The summed E-state index contributed by atoms with van der Waals surface area (Å²) in [6, 6.07) is 0. The molecule has 1 unspecified atom stereocenters. The van der Waals surface area contributed by atoms with Crippen molar-refractivity contribution in [2.24, 2.45) is 17.8 Å². The van der Waals surface area contributed by atoms with E-state index in [1.54, 1.807) is 0 Å². The van der Waals surface area contributed by atoms with Gasteiger partial charge >= 0.3 is 0 Å². The van der Waals surface area contributed by atoms with Crippen molar-refractivity contribution < 1.29 is 0 Å². The maximum atomic E-state index is 2.69.